The van der Waals surface area contributed by atoms with Gasteiger partial charge < -0.3 is 10.2 Å². The smallest absolute Gasteiger partial charge is 0.293 e. The summed E-state index contributed by atoms with van der Waals surface area (Å²) in [5, 5.41) is 15.0. The first kappa shape index (κ1) is 17.9. The van der Waals surface area contributed by atoms with Gasteiger partial charge in [-0.15, -0.1) is 0 Å². The van der Waals surface area contributed by atoms with Crippen molar-refractivity contribution in [3.05, 3.63) is 68.7 Å². The Labute approximate surface area is 145 Å². The third kappa shape index (κ3) is 4.10. The summed E-state index contributed by atoms with van der Waals surface area (Å²) in [5.74, 6) is 0. The Hall–Kier alpha value is -2.44. The van der Waals surface area contributed by atoms with E-state index in [0.717, 1.165) is 10.5 Å². The van der Waals surface area contributed by atoms with Crippen molar-refractivity contribution < 1.29 is 14.6 Å². The second kappa shape index (κ2) is 7.90. The molecule has 0 saturated carbocycles. The minimum absolute atomic E-state index is 0.0176. The summed E-state index contributed by atoms with van der Waals surface area (Å²) in [6.45, 7) is 0.466. The van der Waals surface area contributed by atoms with E-state index >= 15 is 0 Å². The van der Waals surface area contributed by atoms with Crippen LogP contribution in [-0.4, -0.2) is 31.8 Å². The van der Waals surface area contributed by atoms with Crippen molar-refractivity contribution in [2.75, 3.05) is 26.0 Å². The van der Waals surface area contributed by atoms with Crippen LogP contribution in [0, 0.1) is 10.1 Å². The highest BCUT2D eigenvalue weighted by atomic mass is 35.5. The van der Waals surface area contributed by atoms with Crippen LogP contribution in [0.25, 0.3) is 0 Å². The topological polar surface area (TPSA) is 76.7 Å². The van der Waals surface area contributed by atoms with E-state index in [-0.39, 0.29) is 17.3 Å². The van der Waals surface area contributed by atoms with Crippen LogP contribution in [0.2, 0.25) is 5.02 Å². The summed E-state index contributed by atoms with van der Waals surface area (Å²) in [6.07, 6.45) is 0.591. The van der Waals surface area contributed by atoms with Gasteiger partial charge in [-0.2, -0.15) is 0 Å². The van der Waals surface area contributed by atoms with Crippen LogP contribution >= 0.6 is 11.6 Å². The lowest BCUT2D eigenvalue weighted by molar-refractivity contribution is -0.890. The zero-order valence-corrected chi connectivity index (χ0v) is 14.2. The molecular formula is C17H19ClN3O3+. The van der Waals surface area contributed by atoms with Gasteiger partial charge in [0.1, 0.15) is 18.0 Å². The van der Waals surface area contributed by atoms with E-state index in [0.29, 0.717) is 23.5 Å². The Bertz CT molecular complexity index is 750. The van der Waals surface area contributed by atoms with Crippen molar-refractivity contribution in [3.8, 4) is 0 Å². The molecule has 0 aliphatic heterocycles. The maximum Gasteiger partial charge on any atom is 0.293 e. The highest BCUT2D eigenvalue weighted by Crippen LogP contribution is 2.26. The highest BCUT2D eigenvalue weighted by molar-refractivity contribution is 6.31. The van der Waals surface area contributed by atoms with Gasteiger partial charge in [0.25, 0.3) is 5.69 Å². The standard InChI is InChI=1S/C17H18ClN3O3/c1-20(2)17(13-5-3-4-6-14(13)18)10-19-15-8-7-12(11-22)9-16(15)21(23)24/h3-9,11,17,19H,10H2,1-2H3/p+1/t17-/m0/s1. The number of aldehydes is 1. The molecule has 24 heavy (non-hydrogen) atoms. The lowest BCUT2D eigenvalue weighted by Crippen LogP contribution is -3.06. The number of rotatable bonds is 7. The minimum Gasteiger partial charge on any atom is -0.373 e. The molecule has 2 aromatic carbocycles. The molecule has 2 aromatic rings. The summed E-state index contributed by atoms with van der Waals surface area (Å²) in [4.78, 5) is 22.7. The molecule has 1 atom stereocenters. The highest BCUT2D eigenvalue weighted by Gasteiger charge is 2.22. The average molecular weight is 349 g/mol. The Morgan fingerprint density at radius 1 is 1.29 bits per heavy atom. The van der Waals surface area contributed by atoms with Crippen molar-refractivity contribution >= 4 is 29.3 Å². The zero-order valence-electron chi connectivity index (χ0n) is 13.5. The first-order chi connectivity index (χ1) is 11.4. The van der Waals surface area contributed by atoms with Crippen molar-refractivity contribution in [3.63, 3.8) is 0 Å². The van der Waals surface area contributed by atoms with Crippen LogP contribution < -0.4 is 10.2 Å². The molecule has 0 fully saturated rings. The normalized spacial score (nSPS) is 12.0. The molecule has 0 radical (unpaired) electrons. The molecule has 0 aromatic heterocycles. The molecule has 0 saturated heterocycles. The number of hydrogen-bond acceptors (Lipinski definition) is 4. The fourth-order valence-corrected chi connectivity index (χ4v) is 2.78. The van der Waals surface area contributed by atoms with E-state index in [1.807, 2.05) is 38.4 Å². The minimum atomic E-state index is -0.498. The number of nitrogens with zero attached hydrogens (tertiary/aromatic N) is 1. The SMILES string of the molecule is C[NH+](C)[C@@H](CNc1ccc(C=O)cc1[N+](=O)[O-])c1ccccc1Cl. The van der Waals surface area contributed by atoms with Crippen LogP contribution in [0.3, 0.4) is 0 Å². The van der Waals surface area contributed by atoms with Gasteiger partial charge in [-0.1, -0.05) is 29.8 Å². The molecule has 6 nitrogen and oxygen atoms in total. The molecule has 126 valence electrons. The molecule has 0 unspecified atom stereocenters. The van der Waals surface area contributed by atoms with Gasteiger partial charge in [0, 0.05) is 22.2 Å². The van der Waals surface area contributed by atoms with Crippen molar-refractivity contribution in [1.82, 2.24) is 0 Å². The fourth-order valence-electron chi connectivity index (χ4n) is 2.52. The molecule has 0 aliphatic rings. The van der Waals surface area contributed by atoms with E-state index in [4.69, 9.17) is 11.6 Å². The number of benzene rings is 2. The quantitative estimate of drug-likeness (QED) is 0.457. The van der Waals surface area contributed by atoms with E-state index in [2.05, 4.69) is 5.32 Å². The number of quaternary nitrogens is 1. The van der Waals surface area contributed by atoms with E-state index in [1.54, 1.807) is 12.1 Å². The molecule has 7 heteroatoms. The van der Waals surface area contributed by atoms with Crippen molar-refractivity contribution in [2.45, 2.75) is 6.04 Å². The zero-order chi connectivity index (χ0) is 17.7. The third-order valence-electron chi connectivity index (χ3n) is 3.83. The third-order valence-corrected chi connectivity index (χ3v) is 4.17. The van der Waals surface area contributed by atoms with Crippen LogP contribution in [0.1, 0.15) is 22.0 Å². The van der Waals surface area contributed by atoms with Gasteiger partial charge in [-0.3, -0.25) is 14.9 Å². The van der Waals surface area contributed by atoms with Gasteiger partial charge in [-0.05, 0) is 18.2 Å². The maximum atomic E-state index is 11.2. The number of nitro benzene ring substituents is 1. The molecule has 0 heterocycles. The van der Waals surface area contributed by atoms with Crippen molar-refractivity contribution in [1.29, 1.82) is 0 Å². The molecule has 2 N–H and O–H groups in total. The number of carbonyl (C=O) groups is 1. The summed E-state index contributed by atoms with van der Waals surface area (Å²) in [5.41, 5.74) is 1.50. The second-order valence-corrected chi connectivity index (χ2v) is 6.09. The molecule has 0 bridgehead atoms. The number of likely N-dealkylation sites (N-methyl/N-ethyl adjacent to an activating group) is 1. The Morgan fingerprint density at radius 2 is 2.00 bits per heavy atom. The average Bonchev–Trinajstić information content (AvgIpc) is 2.56. The maximum absolute atomic E-state index is 11.2. The Morgan fingerprint density at radius 3 is 2.58 bits per heavy atom. The second-order valence-electron chi connectivity index (χ2n) is 5.68. The van der Waals surface area contributed by atoms with Crippen LogP contribution in [0.15, 0.2) is 42.5 Å². The molecule has 0 aliphatic carbocycles. The monoisotopic (exact) mass is 348 g/mol. The van der Waals surface area contributed by atoms with Gasteiger partial charge in [0.15, 0.2) is 0 Å². The fraction of sp³-hybridized carbons (Fsp3) is 0.235. The van der Waals surface area contributed by atoms with Gasteiger partial charge in [0.2, 0.25) is 0 Å². The van der Waals surface area contributed by atoms with Crippen molar-refractivity contribution in [2.24, 2.45) is 0 Å². The first-order valence-electron chi connectivity index (χ1n) is 7.46. The van der Waals surface area contributed by atoms with E-state index in [1.165, 1.54) is 6.07 Å². The summed E-state index contributed by atoms with van der Waals surface area (Å²) < 4.78 is 0. The lowest BCUT2D eigenvalue weighted by atomic mass is 10.1. The first-order valence-corrected chi connectivity index (χ1v) is 7.83. The predicted molar refractivity (Wildman–Crippen MR) is 94.0 cm³/mol. The van der Waals surface area contributed by atoms with Crippen LogP contribution in [0.5, 0.6) is 0 Å². The summed E-state index contributed by atoms with van der Waals surface area (Å²) in [6, 6.07) is 11.9. The predicted octanol–water partition coefficient (Wildman–Crippen LogP) is 2.36. The number of nitrogens with one attached hydrogen (secondary N) is 2. The summed E-state index contributed by atoms with van der Waals surface area (Å²) in [7, 11) is 4.00. The van der Waals surface area contributed by atoms with E-state index < -0.39 is 4.92 Å². The molecule has 2 rings (SSSR count). The van der Waals surface area contributed by atoms with Gasteiger partial charge >= 0.3 is 0 Å². The Kier molecular flexibility index (Phi) is 5.89. The van der Waals surface area contributed by atoms with E-state index in [9.17, 15) is 14.9 Å². The number of anilines is 1. The van der Waals surface area contributed by atoms with Crippen LogP contribution in [-0.2, 0) is 0 Å². The number of hydrogen-bond donors (Lipinski definition) is 2. The molecule has 0 amide bonds. The van der Waals surface area contributed by atoms with Gasteiger partial charge in [-0.25, -0.2) is 0 Å². The Balaban J connectivity index is 2.26. The number of nitro groups is 1. The van der Waals surface area contributed by atoms with Gasteiger partial charge in [0.05, 0.1) is 25.6 Å². The number of halogens is 1. The number of carbonyl (C=O) groups excluding carboxylic acids is 1. The molecule has 0 spiro atoms. The molecular weight excluding hydrogens is 330 g/mol. The summed E-state index contributed by atoms with van der Waals surface area (Å²) >= 11 is 6.28. The lowest BCUT2D eigenvalue weighted by Gasteiger charge is -2.23. The largest absolute Gasteiger partial charge is 0.373 e. The van der Waals surface area contributed by atoms with Crippen LogP contribution in [0.4, 0.5) is 11.4 Å².